The van der Waals surface area contributed by atoms with E-state index in [0.717, 1.165) is 11.3 Å². The molecule has 0 N–H and O–H groups in total. The van der Waals surface area contributed by atoms with Crippen molar-refractivity contribution in [2.45, 2.75) is 19.9 Å². The average Bonchev–Trinajstić information content (AvgIpc) is 2.86. The van der Waals surface area contributed by atoms with Crippen molar-refractivity contribution in [2.75, 3.05) is 0 Å². The molecule has 0 saturated heterocycles. The topological polar surface area (TPSA) is 41.6 Å². The van der Waals surface area contributed by atoms with Gasteiger partial charge in [0.25, 0.3) is 0 Å². The molecule has 2 aromatic heterocycles. The molecular formula is C11H11N3S. The van der Waals surface area contributed by atoms with Crippen LogP contribution < -0.4 is 0 Å². The fraction of sp³-hybridized carbons (Fsp3) is 0.273. The molecule has 0 aliphatic rings. The molecule has 76 valence electrons. The van der Waals surface area contributed by atoms with Crippen LogP contribution in [0.15, 0.2) is 22.9 Å². The molecule has 0 radical (unpaired) electrons. The molecule has 0 saturated carbocycles. The van der Waals surface area contributed by atoms with Crippen LogP contribution in [-0.4, -0.2) is 9.78 Å². The van der Waals surface area contributed by atoms with Crippen LogP contribution in [-0.2, 0) is 0 Å². The Morgan fingerprint density at radius 3 is 2.80 bits per heavy atom. The van der Waals surface area contributed by atoms with Gasteiger partial charge >= 0.3 is 0 Å². The van der Waals surface area contributed by atoms with Crippen LogP contribution in [0.4, 0.5) is 0 Å². The van der Waals surface area contributed by atoms with Gasteiger partial charge in [0.05, 0.1) is 5.69 Å². The van der Waals surface area contributed by atoms with E-state index in [0.29, 0.717) is 5.69 Å². The maximum atomic E-state index is 8.97. The van der Waals surface area contributed by atoms with Crippen molar-refractivity contribution >= 4 is 11.3 Å². The van der Waals surface area contributed by atoms with Gasteiger partial charge < -0.3 is 0 Å². The predicted molar refractivity (Wildman–Crippen MR) is 60.6 cm³/mol. The van der Waals surface area contributed by atoms with E-state index >= 15 is 0 Å². The van der Waals surface area contributed by atoms with Gasteiger partial charge in [-0.3, -0.25) is 4.68 Å². The van der Waals surface area contributed by atoms with Gasteiger partial charge in [-0.1, -0.05) is 0 Å². The Balaban J connectivity index is 2.49. The fourth-order valence-corrected chi connectivity index (χ4v) is 2.07. The largest absolute Gasteiger partial charge is 0.252 e. The summed E-state index contributed by atoms with van der Waals surface area (Å²) in [6.07, 6.45) is 0. The molecule has 0 aliphatic heterocycles. The van der Waals surface area contributed by atoms with Crippen molar-refractivity contribution in [3.8, 4) is 17.3 Å². The molecule has 2 heterocycles. The summed E-state index contributed by atoms with van der Waals surface area (Å²) in [5, 5.41) is 17.4. The third kappa shape index (κ3) is 1.79. The zero-order valence-corrected chi connectivity index (χ0v) is 9.45. The molecule has 0 unspecified atom stereocenters. The summed E-state index contributed by atoms with van der Waals surface area (Å²) < 4.78 is 1.76. The maximum Gasteiger partial charge on any atom is 0.139 e. The highest BCUT2D eigenvalue weighted by Crippen LogP contribution is 2.22. The minimum Gasteiger partial charge on any atom is -0.252 e. The third-order valence-electron chi connectivity index (χ3n) is 2.16. The monoisotopic (exact) mass is 217 g/mol. The summed E-state index contributed by atoms with van der Waals surface area (Å²) >= 11 is 1.63. The van der Waals surface area contributed by atoms with Crippen LogP contribution in [0.5, 0.6) is 0 Å². The first-order chi connectivity index (χ1) is 7.22. The molecule has 15 heavy (non-hydrogen) atoms. The van der Waals surface area contributed by atoms with E-state index in [1.807, 2.05) is 36.7 Å². The van der Waals surface area contributed by atoms with Crippen molar-refractivity contribution in [3.63, 3.8) is 0 Å². The molecule has 0 amide bonds. The summed E-state index contributed by atoms with van der Waals surface area (Å²) in [4.78, 5) is 0. The molecular weight excluding hydrogens is 206 g/mol. The summed E-state index contributed by atoms with van der Waals surface area (Å²) in [5.74, 6) is 0. The highest BCUT2D eigenvalue weighted by molar-refractivity contribution is 7.08. The fourth-order valence-electron chi connectivity index (χ4n) is 1.42. The Kier molecular flexibility index (Phi) is 2.57. The Morgan fingerprint density at radius 1 is 1.53 bits per heavy atom. The average molecular weight is 217 g/mol. The van der Waals surface area contributed by atoms with E-state index in [-0.39, 0.29) is 6.04 Å². The van der Waals surface area contributed by atoms with Crippen LogP contribution >= 0.6 is 11.3 Å². The lowest BCUT2D eigenvalue weighted by atomic mass is 10.2. The molecule has 3 nitrogen and oxygen atoms in total. The molecule has 0 fully saturated rings. The first kappa shape index (κ1) is 9.94. The first-order valence-electron chi connectivity index (χ1n) is 4.74. The van der Waals surface area contributed by atoms with Crippen molar-refractivity contribution < 1.29 is 0 Å². The molecule has 4 heteroatoms. The van der Waals surface area contributed by atoms with E-state index < -0.39 is 0 Å². The van der Waals surface area contributed by atoms with E-state index in [4.69, 9.17) is 5.26 Å². The Bertz CT molecular complexity index is 488. The SMILES string of the molecule is CC(C)n1nc(-c2ccsc2)cc1C#N. The van der Waals surface area contributed by atoms with Crippen LogP contribution in [0.1, 0.15) is 25.6 Å². The summed E-state index contributed by atoms with van der Waals surface area (Å²) in [6.45, 7) is 4.04. The Hall–Kier alpha value is -1.60. The Labute approximate surface area is 92.6 Å². The van der Waals surface area contributed by atoms with E-state index in [9.17, 15) is 0 Å². The second-order valence-electron chi connectivity index (χ2n) is 3.58. The molecule has 0 spiro atoms. The van der Waals surface area contributed by atoms with Crippen molar-refractivity contribution in [1.29, 1.82) is 5.26 Å². The molecule has 0 aromatic carbocycles. The van der Waals surface area contributed by atoms with E-state index in [1.54, 1.807) is 16.0 Å². The first-order valence-corrected chi connectivity index (χ1v) is 5.69. The Morgan fingerprint density at radius 2 is 2.33 bits per heavy atom. The second-order valence-corrected chi connectivity index (χ2v) is 4.36. The van der Waals surface area contributed by atoms with Gasteiger partial charge in [-0.05, 0) is 25.3 Å². The predicted octanol–water partition coefficient (Wildman–Crippen LogP) is 3.06. The number of hydrogen-bond donors (Lipinski definition) is 0. The normalized spacial score (nSPS) is 10.5. The zero-order valence-electron chi connectivity index (χ0n) is 8.64. The molecule has 0 bridgehead atoms. The number of nitrogens with zero attached hydrogens (tertiary/aromatic N) is 3. The molecule has 2 rings (SSSR count). The minimum absolute atomic E-state index is 0.215. The third-order valence-corrected chi connectivity index (χ3v) is 2.84. The van der Waals surface area contributed by atoms with E-state index in [1.165, 1.54) is 0 Å². The molecule has 0 aliphatic carbocycles. The summed E-state index contributed by atoms with van der Waals surface area (Å²) in [6, 6.07) is 6.23. The van der Waals surface area contributed by atoms with Crippen molar-refractivity contribution in [3.05, 3.63) is 28.6 Å². The maximum absolute atomic E-state index is 8.97. The van der Waals surface area contributed by atoms with E-state index in [2.05, 4.69) is 11.2 Å². The van der Waals surface area contributed by atoms with Crippen LogP contribution in [0.2, 0.25) is 0 Å². The highest BCUT2D eigenvalue weighted by Gasteiger charge is 2.11. The second kappa shape index (κ2) is 3.87. The van der Waals surface area contributed by atoms with Gasteiger partial charge in [-0.2, -0.15) is 21.7 Å². The van der Waals surface area contributed by atoms with Crippen molar-refractivity contribution in [2.24, 2.45) is 0 Å². The van der Waals surface area contributed by atoms with Gasteiger partial charge in [0.15, 0.2) is 0 Å². The summed E-state index contributed by atoms with van der Waals surface area (Å²) in [5.41, 5.74) is 2.57. The lowest BCUT2D eigenvalue weighted by Gasteiger charge is -2.05. The standard InChI is InChI=1S/C11H11N3S/c1-8(2)14-10(6-12)5-11(13-14)9-3-4-15-7-9/h3-5,7-8H,1-2H3. The molecule has 0 atom stereocenters. The quantitative estimate of drug-likeness (QED) is 0.775. The van der Waals surface area contributed by atoms with Crippen LogP contribution in [0, 0.1) is 11.3 Å². The molecule has 2 aromatic rings. The summed E-state index contributed by atoms with van der Waals surface area (Å²) in [7, 11) is 0. The smallest absolute Gasteiger partial charge is 0.139 e. The zero-order chi connectivity index (χ0) is 10.8. The van der Waals surface area contributed by atoms with Crippen LogP contribution in [0.3, 0.4) is 0 Å². The number of rotatable bonds is 2. The van der Waals surface area contributed by atoms with Gasteiger partial charge in [-0.15, -0.1) is 0 Å². The van der Waals surface area contributed by atoms with Gasteiger partial charge in [0.1, 0.15) is 11.8 Å². The van der Waals surface area contributed by atoms with Crippen molar-refractivity contribution in [1.82, 2.24) is 9.78 Å². The van der Waals surface area contributed by atoms with Gasteiger partial charge in [0.2, 0.25) is 0 Å². The number of aromatic nitrogens is 2. The number of thiophene rings is 1. The highest BCUT2D eigenvalue weighted by atomic mass is 32.1. The lowest BCUT2D eigenvalue weighted by molar-refractivity contribution is 0.528. The van der Waals surface area contributed by atoms with Gasteiger partial charge in [0, 0.05) is 23.1 Å². The number of hydrogen-bond acceptors (Lipinski definition) is 3. The lowest BCUT2D eigenvalue weighted by Crippen LogP contribution is -2.05. The number of nitriles is 1. The van der Waals surface area contributed by atoms with Gasteiger partial charge in [-0.25, -0.2) is 0 Å². The minimum atomic E-state index is 0.215. The van der Waals surface area contributed by atoms with Crippen LogP contribution in [0.25, 0.3) is 11.3 Å².